The van der Waals surface area contributed by atoms with E-state index in [0.29, 0.717) is 30.0 Å². The topological polar surface area (TPSA) is 105 Å². The number of fused-ring (bicyclic) bond motifs is 1. The fourth-order valence-corrected chi connectivity index (χ4v) is 3.52. The van der Waals surface area contributed by atoms with Crippen LogP contribution in [-0.2, 0) is 19.5 Å². The van der Waals surface area contributed by atoms with Gasteiger partial charge >= 0.3 is 0 Å². The number of aromatic amines is 1. The number of benzene rings is 1. The number of non-ortho nitro benzene ring substituents is 1. The number of hydrogen-bond acceptors (Lipinski definition) is 6. The summed E-state index contributed by atoms with van der Waals surface area (Å²) in [5.41, 5.74) is 2.22. The van der Waals surface area contributed by atoms with Crippen LogP contribution in [0.2, 0.25) is 0 Å². The molecule has 1 N–H and O–H groups in total. The summed E-state index contributed by atoms with van der Waals surface area (Å²) in [6, 6.07) is 10.1. The number of rotatable bonds is 5. The second-order valence-corrected chi connectivity index (χ2v) is 7.57. The molecule has 0 aliphatic carbocycles. The summed E-state index contributed by atoms with van der Waals surface area (Å²) in [7, 11) is 0. The fourth-order valence-electron chi connectivity index (χ4n) is 3.52. The first-order chi connectivity index (χ1) is 13.9. The van der Waals surface area contributed by atoms with Crippen LogP contribution in [0.25, 0.3) is 11.3 Å². The minimum atomic E-state index is -0.422. The van der Waals surface area contributed by atoms with Gasteiger partial charge in [-0.05, 0) is 12.1 Å². The summed E-state index contributed by atoms with van der Waals surface area (Å²) in [4.78, 5) is 32.7. The Bertz CT molecular complexity index is 1120. The van der Waals surface area contributed by atoms with Gasteiger partial charge in [-0.3, -0.25) is 19.8 Å². The maximum absolute atomic E-state index is 12.5. The number of hydrogen-bond donors (Lipinski definition) is 1. The molecule has 0 radical (unpaired) electrons. The second kappa shape index (κ2) is 7.63. The number of nitro groups is 1. The molecule has 2 aromatic heterocycles. The molecule has 0 unspecified atom stereocenters. The van der Waals surface area contributed by atoms with E-state index in [1.807, 2.05) is 26.0 Å². The van der Waals surface area contributed by atoms with Gasteiger partial charge in [-0.1, -0.05) is 26.0 Å². The van der Waals surface area contributed by atoms with E-state index in [2.05, 4.69) is 14.9 Å². The predicted octanol–water partition coefficient (Wildman–Crippen LogP) is 3.62. The highest BCUT2D eigenvalue weighted by atomic mass is 16.6. The van der Waals surface area contributed by atoms with E-state index in [9.17, 15) is 14.9 Å². The number of aromatic nitrogens is 2. The molecule has 0 saturated carbocycles. The Morgan fingerprint density at radius 1 is 1.31 bits per heavy atom. The molecule has 0 bridgehead atoms. The van der Waals surface area contributed by atoms with E-state index in [1.54, 1.807) is 12.1 Å². The molecule has 1 aromatic carbocycles. The highest BCUT2D eigenvalue weighted by Gasteiger charge is 2.22. The minimum Gasteiger partial charge on any atom is -0.460 e. The van der Waals surface area contributed by atoms with Crippen LogP contribution < -0.4 is 5.56 Å². The van der Waals surface area contributed by atoms with Gasteiger partial charge in [-0.25, -0.2) is 4.98 Å². The number of nitro benzene ring substituents is 1. The molecule has 150 valence electrons. The van der Waals surface area contributed by atoms with Crippen molar-refractivity contribution < 1.29 is 9.34 Å². The second-order valence-electron chi connectivity index (χ2n) is 7.57. The van der Waals surface area contributed by atoms with Crippen molar-refractivity contribution in [2.75, 3.05) is 6.54 Å². The molecular weight excluding hydrogens is 372 g/mol. The lowest BCUT2D eigenvalue weighted by molar-refractivity contribution is -0.384. The largest absolute Gasteiger partial charge is 0.460 e. The normalized spacial score (nSPS) is 14.2. The van der Waals surface area contributed by atoms with Gasteiger partial charge in [0.05, 0.1) is 22.7 Å². The van der Waals surface area contributed by atoms with Gasteiger partial charge in [0.25, 0.3) is 11.2 Å². The van der Waals surface area contributed by atoms with E-state index in [0.717, 1.165) is 30.2 Å². The summed E-state index contributed by atoms with van der Waals surface area (Å²) in [6.07, 6.45) is 0.720. The summed E-state index contributed by atoms with van der Waals surface area (Å²) in [5.74, 6) is 2.25. The molecule has 0 fully saturated rings. The molecule has 0 saturated heterocycles. The summed E-state index contributed by atoms with van der Waals surface area (Å²) in [6.45, 7) is 5.88. The zero-order valence-electron chi connectivity index (χ0n) is 16.3. The Labute approximate surface area is 167 Å². The highest BCUT2D eigenvalue weighted by molar-refractivity contribution is 5.61. The lowest BCUT2D eigenvalue weighted by atomic mass is 10.1. The SMILES string of the molecule is CC(C)c1nc2c(c(=O)[nH]1)CN(Cc1ccc(-c3cccc([N+](=O)[O-])c3)o1)CC2. The summed E-state index contributed by atoms with van der Waals surface area (Å²) in [5, 5.41) is 11.0. The van der Waals surface area contributed by atoms with Crippen LogP contribution in [0.5, 0.6) is 0 Å². The van der Waals surface area contributed by atoms with Gasteiger partial charge in [0.15, 0.2) is 0 Å². The molecule has 1 aliphatic heterocycles. The lowest BCUT2D eigenvalue weighted by Gasteiger charge is -2.27. The first kappa shape index (κ1) is 19.1. The third-order valence-corrected chi connectivity index (χ3v) is 5.10. The van der Waals surface area contributed by atoms with Gasteiger partial charge in [-0.2, -0.15) is 0 Å². The van der Waals surface area contributed by atoms with Crippen LogP contribution in [-0.4, -0.2) is 26.3 Å². The van der Waals surface area contributed by atoms with Crippen molar-refractivity contribution >= 4 is 5.69 Å². The van der Waals surface area contributed by atoms with Crippen molar-refractivity contribution in [3.8, 4) is 11.3 Å². The Kier molecular flexibility index (Phi) is 5.02. The van der Waals surface area contributed by atoms with E-state index < -0.39 is 4.92 Å². The Balaban J connectivity index is 1.50. The molecule has 1 aliphatic rings. The van der Waals surface area contributed by atoms with Crippen LogP contribution in [0.4, 0.5) is 5.69 Å². The zero-order chi connectivity index (χ0) is 20.5. The molecular formula is C21H22N4O4. The lowest BCUT2D eigenvalue weighted by Crippen LogP contribution is -2.35. The molecule has 8 heteroatoms. The van der Waals surface area contributed by atoms with Crippen LogP contribution in [0.15, 0.2) is 45.6 Å². The van der Waals surface area contributed by atoms with Crippen molar-refractivity contribution in [1.29, 1.82) is 0 Å². The van der Waals surface area contributed by atoms with E-state index in [-0.39, 0.29) is 17.2 Å². The van der Waals surface area contributed by atoms with Crippen molar-refractivity contribution in [2.45, 2.75) is 39.3 Å². The number of H-pyrrole nitrogens is 1. The molecule has 8 nitrogen and oxygen atoms in total. The summed E-state index contributed by atoms with van der Waals surface area (Å²) >= 11 is 0. The maximum Gasteiger partial charge on any atom is 0.270 e. The third-order valence-electron chi connectivity index (χ3n) is 5.10. The quantitative estimate of drug-likeness (QED) is 0.523. The third kappa shape index (κ3) is 3.97. The van der Waals surface area contributed by atoms with Gasteiger partial charge in [0.1, 0.15) is 17.3 Å². The van der Waals surface area contributed by atoms with Crippen LogP contribution >= 0.6 is 0 Å². The average molecular weight is 394 g/mol. The van der Waals surface area contributed by atoms with Gasteiger partial charge in [-0.15, -0.1) is 0 Å². The van der Waals surface area contributed by atoms with Crippen LogP contribution in [0.1, 0.15) is 42.6 Å². The van der Waals surface area contributed by atoms with E-state index in [4.69, 9.17) is 4.42 Å². The van der Waals surface area contributed by atoms with Gasteiger partial charge in [0.2, 0.25) is 0 Å². The van der Waals surface area contributed by atoms with Crippen molar-refractivity contribution in [3.63, 3.8) is 0 Å². The molecule has 4 rings (SSSR count). The van der Waals surface area contributed by atoms with Crippen molar-refractivity contribution in [2.24, 2.45) is 0 Å². The highest BCUT2D eigenvalue weighted by Crippen LogP contribution is 2.27. The number of nitrogens with zero attached hydrogens (tertiary/aromatic N) is 3. The van der Waals surface area contributed by atoms with Crippen LogP contribution in [0, 0.1) is 10.1 Å². The smallest absolute Gasteiger partial charge is 0.270 e. The zero-order valence-corrected chi connectivity index (χ0v) is 16.3. The molecule has 3 aromatic rings. The fraction of sp³-hybridized carbons (Fsp3) is 0.333. The summed E-state index contributed by atoms with van der Waals surface area (Å²) < 4.78 is 5.91. The molecule has 0 spiro atoms. The molecule has 0 amide bonds. The molecule has 0 atom stereocenters. The van der Waals surface area contributed by atoms with Crippen LogP contribution in [0.3, 0.4) is 0 Å². The average Bonchev–Trinajstić information content (AvgIpc) is 3.17. The maximum atomic E-state index is 12.5. The number of nitrogens with one attached hydrogen (secondary N) is 1. The Hall–Kier alpha value is -3.26. The minimum absolute atomic E-state index is 0.0283. The Morgan fingerprint density at radius 3 is 2.90 bits per heavy atom. The number of furan rings is 1. The first-order valence-corrected chi connectivity index (χ1v) is 9.58. The monoisotopic (exact) mass is 394 g/mol. The van der Waals surface area contributed by atoms with Crippen molar-refractivity contribution in [1.82, 2.24) is 14.9 Å². The van der Waals surface area contributed by atoms with Crippen molar-refractivity contribution in [3.05, 3.63) is 79.7 Å². The van der Waals surface area contributed by atoms with Gasteiger partial charge in [0, 0.05) is 43.1 Å². The standard InChI is InChI=1S/C21H22N4O4/c1-13(2)20-22-18-8-9-24(12-17(18)21(26)23-20)11-16-6-7-19(29-16)14-4-3-5-15(10-14)25(27)28/h3-7,10,13H,8-9,11-12H2,1-2H3,(H,22,23,26). The Morgan fingerprint density at radius 2 is 2.14 bits per heavy atom. The predicted molar refractivity (Wildman–Crippen MR) is 108 cm³/mol. The molecule has 29 heavy (non-hydrogen) atoms. The molecule has 3 heterocycles. The van der Waals surface area contributed by atoms with E-state index >= 15 is 0 Å². The first-order valence-electron chi connectivity index (χ1n) is 9.58. The van der Waals surface area contributed by atoms with E-state index in [1.165, 1.54) is 12.1 Å². The van der Waals surface area contributed by atoms with Gasteiger partial charge < -0.3 is 9.40 Å².